The van der Waals surface area contributed by atoms with Crippen LogP contribution in [0.2, 0.25) is 0 Å². The van der Waals surface area contributed by atoms with E-state index in [2.05, 4.69) is 29.5 Å². The summed E-state index contributed by atoms with van der Waals surface area (Å²) in [5, 5.41) is 8.85. The lowest BCUT2D eigenvalue weighted by atomic mass is 10.0. The van der Waals surface area contributed by atoms with Crippen molar-refractivity contribution in [2.45, 2.75) is 38.9 Å². The molecule has 0 bridgehead atoms. The Morgan fingerprint density at radius 1 is 1.09 bits per heavy atom. The number of nitrogens with one attached hydrogen (secondary N) is 2. The fourth-order valence-electron chi connectivity index (χ4n) is 2.18. The predicted molar refractivity (Wildman–Crippen MR) is 94.9 cm³/mol. The summed E-state index contributed by atoms with van der Waals surface area (Å²) in [6, 6.07) is 7.31. The van der Waals surface area contributed by atoms with E-state index in [0.29, 0.717) is 5.25 Å². The molecule has 1 unspecified atom stereocenters. The average Bonchev–Trinajstić information content (AvgIpc) is 2.95. The highest BCUT2D eigenvalue weighted by atomic mass is 32.2. The molecule has 0 radical (unpaired) electrons. The first kappa shape index (κ1) is 17.1. The third kappa shape index (κ3) is 4.39. The van der Waals surface area contributed by atoms with Crippen LogP contribution in [0, 0.1) is 0 Å². The molecule has 2 amide bonds. The fourth-order valence-corrected chi connectivity index (χ4v) is 3.67. The molecule has 2 atom stereocenters. The molecule has 0 saturated heterocycles. The van der Waals surface area contributed by atoms with Crippen molar-refractivity contribution < 1.29 is 9.59 Å². The van der Waals surface area contributed by atoms with Crippen molar-refractivity contribution in [1.82, 2.24) is 4.98 Å². The number of amides is 2. The molecular weight excluding hydrogens is 310 g/mol. The van der Waals surface area contributed by atoms with Crippen LogP contribution in [0.25, 0.3) is 0 Å². The maximum atomic E-state index is 12.4. The second kappa shape index (κ2) is 7.37. The summed E-state index contributed by atoms with van der Waals surface area (Å²) >= 11 is 0. The monoisotopic (exact) mass is 332 g/mol. The topological polar surface area (TPSA) is 71.1 Å². The van der Waals surface area contributed by atoms with Gasteiger partial charge >= 0.3 is 5.13 Å². The van der Waals surface area contributed by atoms with Crippen LogP contribution >= 0.6 is 10.5 Å². The number of hydrogen-bond donors (Lipinski definition) is 2. The van der Waals surface area contributed by atoms with E-state index in [1.807, 2.05) is 24.4 Å². The lowest BCUT2D eigenvalue weighted by molar-refractivity contribution is -0.117. The predicted octanol–water partition coefficient (Wildman–Crippen LogP) is 4.11. The van der Waals surface area contributed by atoms with Crippen molar-refractivity contribution in [2.75, 3.05) is 10.6 Å². The Kier molecular flexibility index (Phi) is 5.50. The third-order valence-electron chi connectivity index (χ3n) is 3.48. The summed E-state index contributed by atoms with van der Waals surface area (Å²) in [5.41, 5.74) is 1.62. The minimum atomic E-state index is -0.290. The largest absolute Gasteiger partial charge is 0.346 e. The van der Waals surface area contributed by atoms with Crippen molar-refractivity contribution in [3.05, 3.63) is 41.4 Å². The molecule has 0 aliphatic rings. The molecule has 2 rings (SSSR count). The lowest BCUT2D eigenvalue weighted by Gasteiger charge is -2.11. The molecule has 0 aliphatic heterocycles. The Morgan fingerprint density at radius 3 is 2.30 bits per heavy atom. The Balaban J connectivity index is 2.07. The van der Waals surface area contributed by atoms with E-state index in [4.69, 9.17) is 0 Å². The van der Waals surface area contributed by atoms with E-state index in [1.54, 1.807) is 18.3 Å². The maximum absolute atomic E-state index is 12.4. The molecule has 2 aromatic rings. The summed E-state index contributed by atoms with van der Waals surface area (Å²) in [7, 11) is -0.131. The SMILES string of the molecule is CC(=O)Nc1ccc([C@@H](C)C(=O)Nc2ncc[s+]2C(C)C)cc1. The van der Waals surface area contributed by atoms with Gasteiger partial charge in [0.25, 0.3) is 0 Å². The minimum absolute atomic E-state index is 0.0714. The van der Waals surface area contributed by atoms with E-state index >= 15 is 0 Å². The standard InChI is InChI=1S/C17H21N3O2S/c1-11(2)23-10-9-18-17(23)20-16(22)12(3)14-5-7-15(8-6-14)19-13(4)21/h5-12H,1-4H3,(H-,18,19,20,21,22)/p+1/t12-,23?/m1/s1. The van der Waals surface area contributed by atoms with E-state index in [0.717, 1.165) is 16.4 Å². The van der Waals surface area contributed by atoms with Crippen LogP contribution in [0.15, 0.2) is 35.8 Å². The van der Waals surface area contributed by atoms with Gasteiger partial charge in [-0.1, -0.05) is 12.1 Å². The Hall–Kier alpha value is -2.21. The number of hydrogen-bond acceptors (Lipinski definition) is 3. The first-order chi connectivity index (χ1) is 10.9. The van der Waals surface area contributed by atoms with Crippen molar-refractivity contribution in [3.63, 3.8) is 0 Å². The Morgan fingerprint density at radius 2 is 1.74 bits per heavy atom. The molecule has 122 valence electrons. The first-order valence-electron chi connectivity index (χ1n) is 7.53. The van der Waals surface area contributed by atoms with Gasteiger partial charge in [0.05, 0.1) is 12.1 Å². The van der Waals surface area contributed by atoms with Crippen LogP contribution in [0.1, 0.15) is 44.4 Å². The van der Waals surface area contributed by atoms with Gasteiger partial charge in [-0.05, 0) is 38.5 Å². The average molecular weight is 332 g/mol. The van der Waals surface area contributed by atoms with E-state index in [1.165, 1.54) is 6.92 Å². The van der Waals surface area contributed by atoms with Gasteiger partial charge in [0.15, 0.2) is 5.38 Å². The molecule has 0 saturated carbocycles. The Bertz CT molecular complexity index is 692. The van der Waals surface area contributed by atoms with Crippen LogP contribution < -0.4 is 10.6 Å². The van der Waals surface area contributed by atoms with Crippen LogP contribution in [0.5, 0.6) is 0 Å². The number of carbonyl (C=O) groups excluding carboxylic acids is 2. The number of nitrogens with zero attached hydrogens (tertiary/aromatic N) is 1. The third-order valence-corrected chi connectivity index (χ3v) is 5.57. The molecule has 5 nitrogen and oxygen atoms in total. The van der Waals surface area contributed by atoms with E-state index in [9.17, 15) is 9.59 Å². The molecule has 23 heavy (non-hydrogen) atoms. The number of benzene rings is 1. The van der Waals surface area contributed by atoms with E-state index in [-0.39, 0.29) is 28.2 Å². The first-order valence-corrected chi connectivity index (χ1v) is 8.88. The van der Waals surface area contributed by atoms with Crippen LogP contribution in [-0.2, 0) is 9.59 Å². The van der Waals surface area contributed by atoms with Crippen molar-refractivity contribution in [1.29, 1.82) is 0 Å². The highest BCUT2D eigenvalue weighted by molar-refractivity contribution is 7.33. The zero-order valence-corrected chi connectivity index (χ0v) is 14.6. The van der Waals surface area contributed by atoms with Crippen LogP contribution in [-0.4, -0.2) is 16.8 Å². The van der Waals surface area contributed by atoms with Crippen molar-refractivity contribution in [2.24, 2.45) is 0 Å². The highest BCUT2D eigenvalue weighted by Crippen LogP contribution is 2.37. The molecule has 2 N–H and O–H groups in total. The van der Waals surface area contributed by atoms with Gasteiger partial charge in [0.1, 0.15) is 5.25 Å². The smallest absolute Gasteiger partial charge is 0.326 e. The zero-order chi connectivity index (χ0) is 17.0. The van der Waals surface area contributed by atoms with Gasteiger partial charge in [-0.15, -0.1) is 0 Å². The van der Waals surface area contributed by atoms with Gasteiger partial charge in [-0.25, -0.2) is 0 Å². The van der Waals surface area contributed by atoms with Crippen LogP contribution in [0.3, 0.4) is 0 Å². The number of carbonyl (C=O) groups is 2. The second-order valence-electron chi connectivity index (χ2n) is 5.65. The van der Waals surface area contributed by atoms with Gasteiger partial charge in [-0.2, -0.15) is 4.98 Å². The molecule has 1 heterocycles. The van der Waals surface area contributed by atoms with Gasteiger partial charge < -0.3 is 5.32 Å². The van der Waals surface area contributed by atoms with Gasteiger partial charge in [0.2, 0.25) is 11.8 Å². The minimum Gasteiger partial charge on any atom is -0.326 e. The summed E-state index contributed by atoms with van der Waals surface area (Å²) in [6.07, 6.45) is 1.76. The molecular formula is C17H22N3O2S+. The number of rotatable bonds is 5. The summed E-state index contributed by atoms with van der Waals surface area (Å²) < 4.78 is 0. The normalized spacial score (nSPS) is 12.8. The van der Waals surface area contributed by atoms with Crippen molar-refractivity contribution >= 4 is 33.1 Å². The number of thiazole rings is 1. The molecule has 1 aromatic heterocycles. The summed E-state index contributed by atoms with van der Waals surface area (Å²) in [4.78, 5) is 27.7. The Labute approximate surface area is 139 Å². The summed E-state index contributed by atoms with van der Waals surface area (Å²) in [6.45, 7) is 7.56. The van der Waals surface area contributed by atoms with E-state index < -0.39 is 0 Å². The molecule has 1 aromatic carbocycles. The number of aromatic nitrogens is 1. The number of anilines is 2. The summed E-state index contributed by atoms with van der Waals surface area (Å²) in [5.74, 6) is -0.476. The van der Waals surface area contributed by atoms with Crippen molar-refractivity contribution in [3.8, 4) is 0 Å². The fraction of sp³-hybridized carbons (Fsp3) is 0.353. The molecule has 6 heteroatoms. The maximum Gasteiger partial charge on any atom is 0.346 e. The molecule has 0 fully saturated rings. The quantitative estimate of drug-likeness (QED) is 0.809. The highest BCUT2D eigenvalue weighted by Gasteiger charge is 2.24. The second-order valence-corrected chi connectivity index (χ2v) is 8.00. The molecule has 0 spiro atoms. The molecule has 0 aliphatic carbocycles. The van der Waals surface area contributed by atoms with Gasteiger partial charge in [0, 0.05) is 23.1 Å². The zero-order valence-electron chi connectivity index (χ0n) is 13.8. The van der Waals surface area contributed by atoms with Crippen LogP contribution in [0.4, 0.5) is 10.8 Å². The lowest BCUT2D eigenvalue weighted by Crippen LogP contribution is -2.19. The van der Waals surface area contributed by atoms with Gasteiger partial charge in [-0.3, -0.25) is 14.9 Å².